The third-order valence-corrected chi connectivity index (χ3v) is 1.72. The number of carbonyl (C=O) groups is 1. The van der Waals surface area contributed by atoms with E-state index in [0.29, 0.717) is 13.0 Å². The van der Waals surface area contributed by atoms with E-state index in [-0.39, 0.29) is 6.54 Å². The molecule has 1 amide bonds. The molecule has 1 saturated heterocycles. The molecule has 0 unspecified atom stereocenters. The van der Waals surface area contributed by atoms with Crippen molar-refractivity contribution in [1.82, 2.24) is 10.6 Å². The van der Waals surface area contributed by atoms with Crippen LogP contribution in [0.3, 0.4) is 0 Å². The molecule has 1 aliphatic rings. The second-order valence-corrected chi connectivity index (χ2v) is 2.56. The summed E-state index contributed by atoms with van der Waals surface area (Å²) >= 11 is 0. The molecule has 0 aromatic rings. The third-order valence-electron chi connectivity index (χ3n) is 1.72. The molecule has 5 heteroatoms. The fourth-order valence-electron chi connectivity index (χ4n) is 1.14. The number of hydrogen-bond acceptors (Lipinski definition) is 2. The zero-order chi connectivity index (χ0) is 8.27. The predicted molar refractivity (Wildman–Crippen MR) is 37.3 cm³/mol. The molecule has 2 atom stereocenters. The van der Waals surface area contributed by atoms with E-state index in [4.69, 9.17) is 5.11 Å². The van der Waals surface area contributed by atoms with Crippen molar-refractivity contribution >= 4 is 6.09 Å². The van der Waals surface area contributed by atoms with Crippen LogP contribution in [0.5, 0.6) is 0 Å². The van der Waals surface area contributed by atoms with Gasteiger partial charge in [0.15, 0.2) is 0 Å². The summed E-state index contributed by atoms with van der Waals surface area (Å²) in [7, 11) is 0. The van der Waals surface area contributed by atoms with E-state index in [0.717, 1.165) is 0 Å². The van der Waals surface area contributed by atoms with E-state index in [9.17, 15) is 9.18 Å². The summed E-state index contributed by atoms with van der Waals surface area (Å²) in [6, 6.07) is -0.534. The smallest absolute Gasteiger partial charge is 0.404 e. The van der Waals surface area contributed by atoms with E-state index in [1.165, 1.54) is 0 Å². The quantitative estimate of drug-likeness (QED) is 0.506. The molecule has 0 radical (unpaired) electrons. The third kappa shape index (κ3) is 2.34. The van der Waals surface area contributed by atoms with Crippen LogP contribution >= 0.6 is 0 Å². The van der Waals surface area contributed by atoms with Gasteiger partial charge < -0.3 is 15.7 Å². The van der Waals surface area contributed by atoms with Crippen LogP contribution in [0.1, 0.15) is 6.42 Å². The summed E-state index contributed by atoms with van der Waals surface area (Å²) in [4.78, 5) is 10.1. The Hall–Kier alpha value is -0.840. The topological polar surface area (TPSA) is 61.4 Å². The van der Waals surface area contributed by atoms with Gasteiger partial charge in [0, 0.05) is 6.54 Å². The lowest BCUT2D eigenvalue weighted by Crippen LogP contribution is -2.50. The predicted octanol–water partition coefficient (Wildman–Crippen LogP) is -0.0460. The molecule has 1 rings (SSSR count). The van der Waals surface area contributed by atoms with Crippen LogP contribution in [-0.2, 0) is 0 Å². The number of hydrogen-bond donors (Lipinski definition) is 3. The van der Waals surface area contributed by atoms with Crippen LogP contribution in [0, 0.1) is 0 Å². The number of nitrogens with one attached hydrogen (secondary N) is 2. The zero-order valence-electron chi connectivity index (χ0n) is 6.01. The van der Waals surface area contributed by atoms with Gasteiger partial charge in [-0.3, -0.25) is 0 Å². The Morgan fingerprint density at radius 3 is 3.00 bits per heavy atom. The first-order valence-electron chi connectivity index (χ1n) is 3.54. The maximum Gasteiger partial charge on any atom is 0.404 e. The van der Waals surface area contributed by atoms with Gasteiger partial charge in [0.1, 0.15) is 6.17 Å². The van der Waals surface area contributed by atoms with Crippen molar-refractivity contribution in [3.05, 3.63) is 0 Å². The lowest BCUT2D eigenvalue weighted by molar-refractivity contribution is 0.163. The molecule has 0 aliphatic carbocycles. The van der Waals surface area contributed by atoms with Gasteiger partial charge in [-0.05, 0) is 13.0 Å². The van der Waals surface area contributed by atoms with Crippen molar-refractivity contribution < 1.29 is 14.3 Å². The first-order valence-corrected chi connectivity index (χ1v) is 3.54. The molecule has 1 heterocycles. The first kappa shape index (κ1) is 8.26. The van der Waals surface area contributed by atoms with Gasteiger partial charge in [0.25, 0.3) is 0 Å². The molecule has 3 N–H and O–H groups in total. The minimum Gasteiger partial charge on any atom is -0.465 e. The standard InChI is InChI=1S/C6H11FN2O2/c7-4-3-8-2-1-5(4)9-6(10)11/h4-5,8-9H,1-3H2,(H,10,11)/t4-,5+/m0/s1. The molecule has 11 heavy (non-hydrogen) atoms. The van der Waals surface area contributed by atoms with Gasteiger partial charge >= 0.3 is 6.09 Å². The highest BCUT2D eigenvalue weighted by Gasteiger charge is 2.25. The van der Waals surface area contributed by atoms with E-state index in [1.807, 2.05) is 0 Å². The van der Waals surface area contributed by atoms with Gasteiger partial charge in [0.05, 0.1) is 6.04 Å². The van der Waals surface area contributed by atoms with Gasteiger partial charge in [0.2, 0.25) is 0 Å². The summed E-state index contributed by atoms with van der Waals surface area (Å²) in [5.41, 5.74) is 0. The van der Waals surface area contributed by atoms with Gasteiger partial charge in [-0.25, -0.2) is 9.18 Å². The van der Waals surface area contributed by atoms with Crippen molar-refractivity contribution in [1.29, 1.82) is 0 Å². The summed E-state index contributed by atoms with van der Waals surface area (Å²) in [5, 5.41) is 13.2. The van der Waals surface area contributed by atoms with Gasteiger partial charge in [-0.2, -0.15) is 0 Å². The summed E-state index contributed by atoms with van der Waals surface area (Å²) in [6.45, 7) is 0.913. The maximum atomic E-state index is 12.8. The molecular weight excluding hydrogens is 151 g/mol. The first-order chi connectivity index (χ1) is 5.20. The summed E-state index contributed by atoms with van der Waals surface area (Å²) in [5.74, 6) is 0. The molecule has 0 saturated carbocycles. The second kappa shape index (κ2) is 3.52. The highest BCUT2D eigenvalue weighted by Crippen LogP contribution is 2.06. The molecule has 0 spiro atoms. The highest BCUT2D eigenvalue weighted by molar-refractivity contribution is 5.64. The number of rotatable bonds is 1. The molecular formula is C6H11FN2O2. The van der Waals surface area contributed by atoms with Crippen molar-refractivity contribution in [3.63, 3.8) is 0 Å². The van der Waals surface area contributed by atoms with Crippen LogP contribution in [0.2, 0.25) is 0 Å². The Labute approximate surface area is 63.8 Å². The Morgan fingerprint density at radius 1 is 1.73 bits per heavy atom. The maximum absolute atomic E-state index is 12.8. The fourth-order valence-corrected chi connectivity index (χ4v) is 1.14. The van der Waals surface area contributed by atoms with Crippen LogP contribution in [0.25, 0.3) is 0 Å². The van der Waals surface area contributed by atoms with Crippen molar-refractivity contribution in [2.45, 2.75) is 18.6 Å². The fraction of sp³-hybridized carbons (Fsp3) is 0.833. The van der Waals surface area contributed by atoms with Crippen LogP contribution in [0.15, 0.2) is 0 Å². The summed E-state index contributed by atoms with van der Waals surface area (Å²) < 4.78 is 12.8. The molecule has 0 bridgehead atoms. The zero-order valence-corrected chi connectivity index (χ0v) is 6.01. The SMILES string of the molecule is O=C(O)N[C@@H]1CCNC[C@@H]1F. The molecule has 1 aliphatic heterocycles. The number of amides is 1. The van der Waals surface area contributed by atoms with Crippen LogP contribution < -0.4 is 10.6 Å². The lowest BCUT2D eigenvalue weighted by atomic mass is 10.1. The lowest BCUT2D eigenvalue weighted by Gasteiger charge is -2.26. The largest absolute Gasteiger partial charge is 0.465 e. The Morgan fingerprint density at radius 2 is 2.45 bits per heavy atom. The minimum absolute atomic E-state index is 0.241. The van der Waals surface area contributed by atoms with Gasteiger partial charge in [-0.15, -0.1) is 0 Å². The van der Waals surface area contributed by atoms with Crippen molar-refractivity contribution in [2.24, 2.45) is 0 Å². The number of halogens is 1. The molecule has 4 nitrogen and oxygen atoms in total. The molecule has 64 valence electrons. The average molecular weight is 162 g/mol. The molecule has 1 fully saturated rings. The average Bonchev–Trinajstić information content (AvgIpc) is 1.93. The summed E-state index contributed by atoms with van der Waals surface area (Å²) in [6.07, 6.45) is -1.73. The molecule has 0 aromatic heterocycles. The second-order valence-electron chi connectivity index (χ2n) is 2.56. The Balaban J connectivity index is 2.35. The Kier molecular flexibility index (Phi) is 2.64. The number of carboxylic acid groups (broad SMARTS) is 1. The van der Waals surface area contributed by atoms with E-state index < -0.39 is 18.3 Å². The van der Waals surface area contributed by atoms with Crippen molar-refractivity contribution in [2.75, 3.05) is 13.1 Å². The van der Waals surface area contributed by atoms with Crippen LogP contribution in [-0.4, -0.2) is 36.5 Å². The van der Waals surface area contributed by atoms with E-state index in [2.05, 4.69) is 10.6 Å². The monoisotopic (exact) mass is 162 g/mol. The Bertz CT molecular complexity index is 154. The van der Waals surface area contributed by atoms with E-state index >= 15 is 0 Å². The highest BCUT2D eigenvalue weighted by atomic mass is 19.1. The molecule has 0 aromatic carbocycles. The number of piperidine rings is 1. The van der Waals surface area contributed by atoms with E-state index in [1.54, 1.807) is 0 Å². The van der Waals surface area contributed by atoms with Crippen LogP contribution in [0.4, 0.5) is 9.18 Å². The normalized spacial score (nSPS) is 31.4. The van der Waals surface area contributed by atoms with Crippen molar-refractivity contribution in [3.8, 4) is 0 Å². The van der Waals surface area contributed by atoms with Gasteiger partial charge in [-0.1, -0.05) is 0 Å². The minimum atomic E-state index is -1.15. The number of alkyl halides is 1.